The largest absolute Gasteiger partial charge is 0.479 e. The van der Waals surface area contributed by atoms with E-state index in [4.69, 9.17) is 9.84 Å². The van der Waals surface area contributed by atoms with Crippen LogP contribution in [0.2, 0.25) is 0 Å². The van der Waals surface area contributed by atoms with Crippen molar-refractivity contribution in [3.8, 4) is 5.75 Å². The first-order valence-corrected chi connectivity index (χ1v) is 7.35. The third kappa shape index (κ3) is 3.70. The van der Waals surface area contributed by atoms with Gasteiger partial charge in [-0.3, -0.25) is 0 Å². The molecule has 0 aliphatic carbocycles. The number of nitrogens with zero attached hydrogens (tertiary/aromatic N) is 1. The van der Waals surface area contributed by atoms with Gasteiger partial charge in [0.25, 0.3) is 0 Å². The van der Waals surface area contributed by atoms with Gasteiger partial charge < -0.3 is 9.84 Å². The molecule has 0 amide bonds. The predicted molar refractivity (Wildman–Crippen MR) is 80.5 cm³/mol. The molecule has 0 aliphatic rings. The molecule has 2 aromatic rings. The zero-order valence-electron chi connectivity index (χ0n) is 12.1. The minimum absolute atomic E-state index is 0.199. The Morgan fingerprint density at radius 2 is 2.15 bits per heavy atom. The maximum absolute atomic E-state index is 10.8. The van der Waals surface area contributed by atoms with Crippen molar-refractivity contribution in [1.29, 1.82) is 0 Å². The lowest BCUT2D eigenvalue weighted by molar-refractivity contribution is -0.144. The second kappa shape index (κ2) is 5.40. The highest BCUT2D eigenvalue weighted by atomic mass is 32.1. The van der Waals surface area contributed by atoms with Gasteiger partial charge in [-0.2, -0.15) is 0 Å². The van der Waals surface area contributed by atoms with Crippen molar-refractivity contribution in [3.05, 3.63) is 23.2 Å². The minimum Gasteiger partial charge on any atom is -0.479 e. The van der Waals surface area contributed by atoms with Crippen LogP contribution < -0.4 is 4.74 Å². The van der Waals surface area contributed by atoms with Crippen molar-refractivity contribution in [2.24, 2.45) is 5.41 Å². The SMILES string of the molecule is CC(Oc1ccc2nc(CC(C)(C)C)sc2c1)C(=O)O. The van der Waals surface area contributed by atoms with Crippen molar-refractivity contribution >= 4 is 27.5 Å². The Hall–Kier alpha value is -1.62. The molecule has 0 aliphatic heterocycles. The normalized spacial score (nSPS) is 13.4. The van der Waals surface area contributed by atoms with Crippen molar-refractivity contribution in [3.63, 3.8) is 0 Å². The van der Waals surface area contributed by atoms with Crippen LogP contribution in [0.1, 0.15) is 32.7 Å². The summed E-state index contributed by atoms with van der Waals surface area (Å²) in [4.78, 5) is 15.4. The zero-order chi connectivity index (χ0) is 14.9. The Kier molecular flexibility index (Phi) is 3.99. The molecule has 1 unspecified atom stereocenters. The Balaban J connectivity index is 2.23. The highest BCUT2D eigenvalue weighted by Crippen LogP contribution is 2.30. The molecular formula is C15H19NO3S. The lowest BCUT2D eigenvalue weighted by atomic mass is 9.93. The van der Waals surface area contributed by atoms with Crippen molar-refractivity contribution in [2.45, 2.75) is 40.2 Å². The van der Waals surface area contributed by atoms with E-state index in [0.717, 1.165) is 21.6 Å². The number of carboxylic acids is 1. The first-order valence-electron chi connectivity index (χ1n) is 6.53. The molecular weight excluding hydrogens is 274 g/mol. The molecule has 4 nitrogen and oxygen atoms in total. The van der Waals surface area contributed by atoms with Gasteiger partial charge in [-0.25, -0.2) is 9.78 Å². The lowest BCUT2D eigenvalue weighted by Gasteiger charge is -2.15. The van der Waals surface area contributed by atoms with Crippen LogP contribution in [0, 0.1) is 5.41 Å². The first kappa shape index (κ1) is 14.8. The molecule has 0 saturated heterocycles. The monoisotopic (exact) mass is 293 g/mol. The fraction of sp³-hybridized carbons (Fsp3) is 0.467. The van der Waals surface area contributed by atoms with Gasteiger partial charge in [-0.15, -0.1) is 11.3 Å². The molecule has 0 spiro atoms. The number of ether oxygens (including phenoxy) is 1. The number of hydrogen-bond acceptors (Lipinski definition) is 4. The van der Waals surface area contributed by atoms with E-state index in [1.807, 2.05) is 12.1 Å². The zero-order valence-corrected chi connectivity index (χ0v) is 13.0. The summed E-state index contributed by atoms with van der Waals surface area (Å²) in [5, 5.41) is 9.95. The highest BCUT2D eigenvalue weighted by Gasteiger charge is 2.16. The molecule has 1 heterocycles. The van der Waals surface area contributed by atoms with Gasteiger partial charge in [-0.1, -0.05) is 20.8 Å². The smallest absolute Gasteiger partial charge is 0.344 e. The van der Waals surface area contributed by atoms with Crippen LogP contribution in [0.3, 0.4) is 0 Å². The number of carboxylic acid groups (broad SMARTS) is 1. The predicted octanol–water partition coefficient (Wildman–Crippen LogP) is 3.74. The number of fused-ring (bicyclic) bond motifs is 1. The number of aliphatic carboxylic acids is 1. The summed E-state index contributed by atoms with van der Waals surface area (Å²) >= 11 is 1.64. The average Bonchev–Trinajstić information content (AvgIpc) is 2.67. The third-order valence-corrected chi connectivity index (χ3v) is 3.76. The summed E-state index contributed by atoms with van der Waals surface area (Å²) in [5.74, 6) is -0.402. The summed E-state index contributed by atoms with van der Waals surface area (Å²) in [6.07, 6.45) is 0.0723. The summed E-state index contributed by atoms with van der Waals surface area (Å²) in [7, 11) is 0. The van der Waals surface area contributed by atoms with Crippen molar-refractivity contribution in [1.82, 2.24) is 4.98 Å². The number of benzene rings is 1. The second-order valence-electron chi connectivity index (χ2n) is 6.07. The Labute approximate surface area is 122 Å². The fourth-order valence-electron chi connectivity index (χ4n) is 1.81. The van der Waals surface area contributed by atoms with E-state index in [1.54, 1.807) is 17.4 Å². The maximum atomic E-state index is 10.8. The molecule has 20 heavy (non-hydrogen) atoms. The molecule has 1 N–H and O–H groups in total. The van der Waals surface area contributed by atoms with E-state index in [2.05, 4.69) is 25.8 Å². The molecule has 1 aromatic heterocycles. The van der Waals surface area contributed by atoms with Gasteiger partial charge in [0, 0.05) is 6.42 Å². The summed E-state index contributed by atoms with van der Waals surface area (Å²) < 4.78 is 6.40. The van der Waals surface area contributed by atoms with Crippen LogP contribution in [0.5, 0.6) is 5.75 Å². The van der Waals surface area contributed by atoms with E-state index < -0.39 is 12.1 Å². The second-order valence-corrected chi connectivity index (χ2v) is 7.19. The molecule has 1 aromatic carbocycles. The van der Waals surface area contributed by atoms with E-state index in [1.165, 1.54) is 6.92 Å². The van der Waals surface area contributed by atoms with Crippen molar-refractivity contribution < 1.29 is 14.6 Å². The van der Waals surface area contributed by atoms with Crippen molar-refractivity contribution in [2.75, 3.05) is 0 Å². The molecule has 0 radical (unpaired) electrons. The summed E-state index contributed by atoms with van der Waals surface area (Å²) in [5.41, 5.74) is 1.13. The molecule has 0 saturated carbocycles. The molecule has 108 valence electrons. The number of aromatic nitrogens is 1. The van der Waals surface area contributed by atoms with Gasteiger partial charge in [0.05, 0.1) is 15.2 Å². The minimum atomic E-state index is -0.970. The lowest BCUT2D eigenvalue weighted by Crippen LogP contribution is -2.22. The van der Waals surface area contributed by atoms with Crippen LogP contribution in [0.25, 0.3) is 10.2 Å². The van der Waals surface area contributed by atoms with E-state index in [0.29, 0.717) is 5.75 Å². The fourth-order valence-corrected chi connectivity index (χ4v) is 3.11. The highest BCUT2D eigenvalue weighted by molar-refractivity contribution is 7.18. The quantitative estimate of drug-likeness (QED) is 0.933. The van der Waals surface area contributed by atoms with Gasteiger partial charge in [0.1, 0.15) is 5.75 Å². The van der Waals surface area contributed by atoms with Crippen LogP contribution in [0.15, 0.2) is 18.2 Å². The van der Waals surface area contributed by atoms with Gasteiger partial charge >= 0.3 is 5.97 Å². The van der Waals surface area contributed by atoms with Gasteiger partial charge in [-0.05, 0) is 30.5 Å². The molecule has 0 bridgehead atoms. The Morgan fingerprint density at radius 1 is 1.45 bits per heavy atom. The number of rotatable bonds is 4. The number of hydrogen-bond donors (Lipinski definition) is 1. The third-order valence-electron chi connectivity index (χ3n) is 2.75. The number of thiazole rings is 1. The average molecular weight is 293 g/mol. The number of carbonyl (C=O) groups is 1. The van der Waals surface area contributed by atoms with Crippen LogP contribution >= 0.6 is 11.3 Å². The van der Waals surface area contributed by atoms with Crippen LogP contribution in [-0.2, 0) is 11.2 Å². The Bertz CT molecular complexity index is 628. The first-order chi connectivity index (χ1) is 9.24. The summed E-state index contributed by atoms with van der Waals surface area (Å²) in [6.45, 7) is 8.07. The van der Waals surface area contributed by atoms with Gasteiger partial charge in [0.2, 0.25) is 0 Å². The molecule has 2 rings (SSSR count). The maximum Gasteiger partial charge on any atom is 0.344 e. The van der Waals surface area contributed by atoms with Crippen LogP contribution in [0.4, 0.5) is 0 Å². The van der Waals surface area contributed by atoms with Crippen LogP contribution in [-0.4, -0.2) is 22.2 Å². The van der Waals surface area contributed by atoms with E-state index in [-0.39, 0.29) is 5.41 Å². The summed E-state index contributed by atoms with van der Waals surface area (Å²) in [6, 6.07) is 5.50. The van der Waals surface area contributed by atoms with Gasteiger partial charge in [0.15, 0.2) is 6.10 Å². The Morgan fingerprint density at radius 3 is 2.75 bits per heavy atom. The van der Waals surface area contributed by atoms with E-state index in [9.17, 15) is 4.79 Å². The molecule has 1 atom stereocenters. The van der Waals surface area contributed by atoms with E-state index >= 15 is 0 Å². The topological polar surface area (TPSA) is 59.4 Å². The molecule has 0 fully saturated rings. The standard InChI is InChI=1S/C15H19NO3S/c1-9(14(17)18)19-10-5-6-11-12(7-10)20-13(16-11)8-15(2,3)4/h5-7,9H,8H2,1-4H3,(H,17,18). The molecule has 5 heteroatoms.